The Hall–Kier alpha value is -4.62. The van der Waals surface area contributed by atoms with E-state index in [1.54, 1.807) is 0 Å². The Balaban J connectivity index is 1.22. The number of benzene rings is 5. The van der Waals surface area contributed by atoms with Crippen molar-refractivity contribution in [1.29, 1.82) is 0 Å². The maximum atomic E-state index is 4.11. The van der Waals surface area contributed by atoms with E-state index in [1.165, 1.54) is 77.6 Å². The molecular weight excluding hydrogens is 530 g/mol. The van der Waals surface area contributed by atoms with Crippen LogP contribution in [0.15, 0.2) is 116 Å². The summed E-state index contributed by atoms with van der Waals surface area (Å²) in [5.74, 6) is 0. The van der Waals surface area contributed by atoms with Crippen LogP contribution in [-0.4, -0.2) is 0 Å². The number of hydrogen-bond donors (Lipinski definition) is 1. The molecule has 0 saturated heterocycles. The van der Waals surface area contributed by atoms with Gasteiger partial charge in [-0.05, 0) is 102 Å². The summed E-state index contributed by atoms with van der Waals surface area (Å²) in [6.45, 7) is 22.4. The second-order valence-corrected chi connectivity index (χ2v) is 14.4. The SMILES string of the molecule is C=CC1=C(C=C)C(C)(C)c2cc(Nc3ccc4c(c3)C(C)(C)c3c-4ccc4c3C(C)(C)c3ccc5ccccc5c3-4)ccc21. The van der Waals surface area contributed by atoms with Crippen molar-refractivity contribution in [2.24, 2.45) is 0 Å². The third-order valence-electron chi connectivity index (χ3n) is 11.0. The zero-order chi connectivity index (χ0) is 30.8. The Kier molecular flexibility index (Phi) is 5.35. The fourth-order valence-corrected chi connectivity index (χ4v) is 8.81. The van der Waals surface area contributed by atoms with Gasteiger partial charge in [0, 0.05) is 27.6 Å². The molecule has 1 N–H and O–H groups in total. The van der Waals surface area contributed by atoms with Crippen molar-refractivity contribution >= 4 is 27.7 Å². The molecule has 0 aromatic heterocycles. The number of rotatable bonds is 4. The van der Waals surface area contributed by atoms with Crippen LogP contribution in [0.25, 0.3) is 38.6 Å². The van der Waals surface area contributed by atoms with Crippen LogP contribution in [0, 0.1) is 0 Å². The third-order valence-corrected chi connectivity index (χ3v) is 11.0. The van der Waals surface area contributed by atoms with Gasteiger partial charge in [-0.3, -0.25) is 0 Å². The summed E-state index contributed by atoms with van der Waals surface area (Å²) in [7, 11) is 0. The Labute approximate surface area is 261 Å². The van der Waals surface area contributed by atoms with Crippen LogP contribution >= 0.6 is 0 Å². The quantitative estimate of drug-likeness (QED) is 0.227. The predicted molar refractivity (Wildman–Crippen MR) is 189 cm³/mol. The molecule has 0 unspecified atom stereocenters. The van der Waals surface area contributed by atoms with Crippen molar-refractivity contribution in [2.45, 2.75) is 57.8 Å². The zero-order valence-corrected chi connectivity index (χ0v) is 26.7. The first-order valence-electron chi connectivity index (χ1n) is 15.8. The zero-order valence-electron chi connectivity index (χ0n) is 26.7. The molecule has 3 aliphatic rings. The Morgan fingerprint density at radius 1 is 0.545 bits per heavy atom. The molecule has 1 heteroatoms. The van der Waals surface area contributed by atoms with Gasteiger partial charge < -0.3 is 5.32 Å². The van der Waals surface area contributed by atoms with E-state index >= 15 is 0 Å². The molecule has 0 fully saturated rings. The normalized spacial score (nSPS) is 17.5. The summed E-state index contributed by atoms with van der Waals surface area (Å²) >= 11 is 0. The Morgan fingerprint density at radius 3 is 1.84 bits per heavy atom. The molecule has 0 spiro atoms. The van der Waals surface area contributed by atoms with Crippen molar-refractivity contribution < 1.29 is 0 Å². The number of nitrogens with one attached hydrogen (secondary N) is 1. The van der Waals surface area contributed by atoms with Gasteiger partial charge in [0.15, 0.2) is 0 Å². The van der Waals surface area contributed by atoms with Crippen LogP contribution in [0.3, 0.4) is 0 Å². The average molecular weight is 570 g/mol. The fraction of sp³-hybridized carbons (Fsp3) is 0.209. The molecule has 3 aliphatic carbocycles. The third kappa shape index (κ3) is 3.30. The highest BCUT2D eigenvalue weighted by atomic mass is 14.9. The first-order valence-corrected chi connectivity index (χ1v) is 15.8. The van der Waals surface area contributed by atoms with Crippen LogP contribution in [0.4, 0.5) is 11.4 Å². The summed E-state index contributed by atoms with van der Waals surface area (Å²) in [5.41, 5.74) is 18.2. The molecule has 0 aliphatic heterocycles. The van der Waals surface area contributed by atoms with Gasteiger partial charge in [0.25, 0.3) is 0 Å². The van der Waals surface area contributed by atoms with Gasteiger partial charge in [-0.1, -0.05) is 128 Å². The molecule has 1 nitrogen and oxygen atoms in total. The largest absolute Gasteiger partial charge is 0.356 e. The smallest absolute Gasteiger partial charge is 0.0387 e. The van der Waals surface area contributed by atoms with Crippen molar-refractivity contribution in [1.82, 2.24) is 0 Å². The second-order valence-electron chi connectivity index (χ2n) is 14.4. The van der Waals surface area contributed by atoms with Gasteiger partial charge in [0.05, 0.1) is 0 Å². The van der Waals surface area contributed by atoms with E-state index in [2.05, 4.69) is 145 Å². The molecule has 5 aromatic carbocycles. The highest BCUT2D eigenvalue weighted by Crippen LogP contribution is 2.60. The van der Waals surface area contributed by atoms with Crippen molar-refractivity contribution in [3.05, 3.63) is 149 Å². The summed E-state index contributed by atoms with van der Waals surface area (Å²) in [6.07, 6.45) is 3.96. The Bertz CT molecular complexity index is 2150. The van der Waals surface area contributed by atoms with Gasteiger partial charge in [0.1, 0.15) is 0 Å². The van der Waals surface area contributed by atoms with Crippen LogP contribution in [0.5, 0.6) is 0 Å². The summed E-state index contributed by atoms with van der Waals surface area (Å²) < 4.78 is 0. The van der Waals surface area contributed by atoms with E-state index in [1.807, 2.05) is 12.2 Å². The monoisotopic (exact) mass is 569 g/mol. The van der Waals surface area contributed by atoms with E-state index in [4.69, 9.17) is 0 Å². The lowest BCUT2D eigenvalue weighted by Crippen LogP contribution is -2.24. The lowest BCUT2D eigenvalue weighted by molar-refractivity contribution is 0.601. The first kappa shape index (κ1) is 27.0. The highest BCUT2D eigenvalue weighted by Gasteiger charge is 2.46. The van der Waals surface area contributed by atoms with E-state index < -0.39 is 0 Å². The topological polar surface area (TPSA) is 12.0 Å². The van der Waals surface area contributed by atoms with E-state index in [-0.39, 0.29) is 16.2 Å². The van der Waals surface area contributed by atoms with Gasteiger partial charge in [0.2, 0.25) is 0 Å². The van der Waals surface area contributed by atoms with E-state index in [9.17, 15) is 0 Å². The van der Waals surface area contributed by atoms with Crippen LogP contribution in [0.1, 0.15) is 74.9 Å². The lowest BCUT2D eigenvalue weighted by atomic mass is 9.72. The standard InChI is InChI=1S/C43H39N/c1-9-28-30-18-16-26(23-36(30)41(3,4)34(28)10-2)44-27-17-19-31-32-20-21-33-38-29-14-12-11-13-25(29)15-22-35(38)42(5,6)40(33)39(32)43(7,8)37(31)24-27/h9-24,44H,1-2H2,3-8H3. The van der Waals surface area contributed by atoms with Gasteiger partial charge in [-0.25, -0.2) is 0 Å². The molecular formula is C43H39N. The van der Waals surface area contributed by atoms with E-state index in [0.717, 1.165) is 11.4 Å². The number of allylic oxidation sites excluding steroid dienone is 4. The highest BCUT2D eigenvalue weighted by molar-refractivity contribution is 6.04. The minimum atomic E-state index is -0.135. The maximum absolute atomic E-state index is 4.11. The molecule has 216 valence electrons. The van der Waals surface area contributed by atoms with Crippen LogP contribution in [0.2, 0.25) is 0 Å². The molecule has 8 rings (SSSR count). The van der Waals surface area contributed by atoms with Crippen LogP contribution < -0.4 is 5.32 Å². The van der Waals surface area contributed by atoms with Crippen molar-refractivity contribution in [3.63, 3.8) is 0 Å². The van der Waals surface area contributed by atoms with Crippen LogP contribution in [-0.2, 0) is 16.2 Å². The van der Waals surface area contributed by atoms with Crippen molar-refractivity contribution in [3.8, 4) is 22.3 Å². The number of fused-ring (bicyclic) bond motifs is 10. The number of anilines is 2. The molecule has 0 atom stereocenters. The van der Waals surface area contributed by atoms with Gasteiger partial charge in [-0.15, -0.1) is 0 Å². The maximum Gasteiger partial charge on any atom is 0.0387 e. The number of hydrogen-bond acceptors (Lipinski definition) is 1. The van der Waals surface area contributed by atoms with E-state index in [0.29, 0.717) is 0 Å². The summed E-state index contributed by atoms with van der Waals surface area (Å²) in [5, 5.41) is 6.42. The first-order chi connectivity index (χ1) is 21.0. The molecule has 0 radical (unpaired) electrons. The van der Waals surface area contributed by atoms with Gasteiger partial charge >= 0.3 is 0 Å². The summed E-state index contributed by atoms with van der Waals surface area (Å²) in [4.78, 5) is 0. The average Bonchev–Trinajstić information content (AvgIpc) is 3.49. The minimum Gasteiger partial charge on any atom is -0.356 e. The summed E-state index contributed by atoms with van der Waals surface area (Å²) in [6, 6.07) is 31.9. The van der Waals surface area contributed by atoms with Crippen molar-refractivity contribution in [2.75, 3.05) is 5.32 Å². The lowest BCUT2D eigenvalue weighted by Gasteiger charge is -2.30. The molecule has 0 bridgehead atoms. The molecule has 5 aromatic rings. The molecule has 44 heavy (non-hydrogen) atoms. The molecule has 0 amide bonds. The predicted octanol–water partition coefficient (Wildman–Crippen LogP) is 11.6. The minimum absolute atomic E-state index is 0.0831. The Morgan fingerprint density at radius 2 is 1.14 bits per heavy atom. The molecule has 0 heterocycles. The van der Waals surface area contributed by atoms with Gasteiger partial charge in [-0.2, -0.15) is 0 Å². The molecule has 0 saturated carbocycles. The second kappa shape index (κ2) is 8.73. The fourth-order valence-electron chi connectivity index (χ4n) is 8.81.